The third-order valence-electron chi connectivity index (χ3n) is 3.29. The van der Waals surface area contributed by atoms with Crippen LogP contribution in [0.3, 0.4) is 0 Å². The molecule has 0 aliphatic heterocycles. The zero-order chi connectivity index (χ0) is 14.7. The topological polar surface area (TPSA) is 34.1 Å². The van der Waals surface area contributed by atoms with Gasteiger partial charge in [0.2, 0.25) is 0 Å². The molecule has 0 saturated carbocycles. The summed E-state index contributed by atoms with van der Waals surface area (Å²) in [6.07, 6.45) is 0. The quantitative estimate of drug-likeness (QED) is 0.751. The summed E-state index contributed by atoms with van der Waals surface area (Å²) in [5.74, 6) is 1.74. The second-order valence-electron chi connectivity index (χ2n) is 4.74. The summed E-state index contributed by atoms with van der Waals surface area (Å²) < 4.78 is 6.19. The van der Waals surface area contributed by atoms with Gasteiger partial charge in [0.1, 0.15) is 11.6 Å². The minimum absolute atomic E-state index is 0.733. The largest absolute Gasteiger partial charge is 0.497 e. The van der Waals surface area contributed by atoms with Gasteiger partial charge in [-0.1, -0.05) is 34.1 Å². The lowest BCUT2D eigenvalue weighted by Crippen LogP contribution is -2.01. The van der Waals surface area contributed by atoms with E-state index in [2.05, 4.69) is 38.4 Å². The van der Waals surface area contributed by atoms with Crippen LogP contribution in [0.2, 0.25) is 0 Å². The first-order chi connectivity index (χ1) is 10.2. The normalized spacial score (nSPS) is 10.6. The maximum atomic E-state index is 5.15. The van der Waals surface area contributed by atoms with E-state index in [-0.39, 0.29) is 0 Å². The van der Waals surface area contributed by atoms with Crippen LogP contribution in [0.1, 0.15) is 5.56 Å². The molecular weight excluding hydrogens is 328 g/mol. The lowest BCUT2D eigenvalue weighted by Gasteiger charge is -2.08. The molecule has 3 rings (SSSR count). The van der Waals surface area contributed by atoms with Crippen LogP contribution < -0.4 is 10.1 Å². The molecule has 21 heavy (non-hydrogen) atoms. The molecule has 106 valence electrons. The van der Waals surface area contributed by atoms with E-state index >= 15 is 0 Å². The molecule has 4 heteroatoms. The first kappa shape index (κ1) is 13.9. The highest BCUT2D eigenvalue weighted by Crippen LogP contribution is 2.20. The summed E-state index contributed by atoms with van der Waals surface area (Å²) >= 11 is 3.47. The standard InChI is InChI=1S/C17H15BrN2O/c1-21-15-7-2-12(3-8-15)11-19-17-9-5-13-4-6-14(18)10-16(13)20-17/h2-10H,11H2,1H3,(H,19,20). The fourth-order valence-electron chi connectivity index (χ4n) is 2.12. The maximum Gasteiger partial charge on any atom is 0.126 e. The second kappa shape index (κ2) is 6.14. The van der Waals surface area contributed by atoms with Gasteiger partial charge in [-0.15, -0.1) is 0 Å². The Bertz CT molecular complexity index is 756. The Labute approximate surface area is 132 Å². The van der Waals surface area contributed by atoms with Gasteiger partial charge in [0.25, 0.3) is 0 Å². The number of rotatable bonds is 4. The molecule has 0 unspecified atom stereocenters. The summed E-state index contributed by atoms with van der Waals surface area (Å²) in [4.78, 5) is 4.62. The van der Waals surface area contributed by atoms with Crippen LogP contribution >= 0.6 is 15.9 Å². The second-order valence-corrected chi connectivity index (χ2v) is 5.65. The molecule has 0 saturated heterocycles. The van der Waals surface area contributed by atoms with Crippen molar-refractivity contribution < 1.29 is 4.74 Å². The average Bonchev–Trinajstić information content (AvgIpc) is 2.53. The number of halogens is 1. The third-order valence-corrected chi connectivity index (χ3v) is 3.78. The number of benzene rings is 2. The Morgan fingerprint density at radius 3 is 2.57 bits per heavy atom. The molecule has 0 radical (unpaired) electrons. The van der Waals surface area contributed by atoms with E-state index in [1.807, 2.05) is 42.5 Å². The van der Waals surface area contributed by atoms with E-state index in [0.717, 1.165) is 33.5 Å². The minimum atomic E-state index is 0.733. The summed E-state index contributed by atoms with van der Waals surface area (Å²) in [6, 6.07) is 18.2. The van der Waals surface area contributed by atoms with E-state index in [9.17, 15) is 0 Å². The fraction of sp³-hybridized carbons (Fsp3) is 0.118. The summed E-state index contributed by atoms with van der Waals surface area (Å²) in [6.45, 7) is 0.733. The number of nitrogens with one attached hydrogen (secondary N) is 1. The van der Waals surface area contributed by atoms with Gasteiger partial charge in [0, 0.05) is 16.4 Å². The third kappa shape index (κ3) is 3.34. The van der Waals surface area contributed by atoms with Gasteiger partial charge in [-0.05, 0) is 42.0 Å². The molecule has 2 aromatic carbocycles. The smallest absolute Gasteiger partial charge is 0.126 e. The number of nitrogens with zero attached hydrogens (tertiary/aromatic N) is 1. The highest BCUT2D eigenvalue weighted by molar-refractivity contribution is 9.10. The molecule has 3 aromatic rings. The van der Waals surface area contributed by atoms with Crippen molar-refractivity contribution in [1.29, 1.82) is 0 Å². The molecule has 1 heterocycles. The van der Waals surface area contributed by atoms with E-state index in [0.29, 0.717) is 0 Å². The number of hydrogen-bond donors (Lipinski definition) is 1. The van der Waals surface area contributed by atoms with Crippen molar-refractivity contribution in [3.63, 3.8) is 0 Å². The molecular formula is C17H15BrN2O. The fourth-order valence-corrected chi connectivity index (χ4v) is 2.47. The number of hydrogen-bond acceptors (Lipinski definition) is 3. The summed E-state index contributed by atoms with van der Waals surface area (Å²) in [7, 11) is 1.67. The highest BCUT2D eigenvalue weighted by Gasteiger charge is 2.00. The van der Waals surface area contributed by atoms with Crippen LogP contribution in [-0.2, 0) is 6.54 Å². The Kier molecular flexibility index (Phi) is 4.06. The molecule has 0 spiro atoms. The molecule has 1 aromatic heterocycles. The van der Waals surface area contributed by atoms with Crippen molar-refractivity contribution in [2.24, 2.45) is 0 Å². The number of ether oxygens (including phenoxy) is 1. The molecule has 0 fully saturated rings. The van der Waals surface area contributed by atoms with Crippen molar-refractivity contribution >= 4 is 32.7 Å². The zero-order valence-electron chi connectivity index (χ0n) is 11.6. The van der Waals surface area contributed by atoms with Crippen molar-refractivity contribution in [2.45, 2.75) is 6.54 Å². The number of aromatic nitrogens is 1. The van der Waals surface area contributed by atoms with Gasteiger partial charge in [-0.3, -0.25) is 0 Å². The average molecular weight is 343 g/mol. The predicted octanol–water partition coefficient (Wildman–Crippen LogP) is 4.62. The zero-order valence-corrected chi connectivity index (χ0v) is 13.2. The Morgan fingerprint density at radius 2 is 1.81 bits per heavy atom. The number of methoxy groups -OCH3 is 1. The van der Waals surface area contributed by atoms with E-state index < -0.39 is 0 Å². The van der Waals surface area contributed by atoms with E-state index in [1.54, 1.807) is 7.11 Å². The molecule has 0 amide bonds. The monoisotopic (exact) mass is 342 g/mol. The molecule has 0 aliphatic carbocycles. The number of pyridine rings is 1. The van der Waals surface area contributed by atoms with Crippen LogP contribution in [0.5, 0.6) is 5.75 Å². The Hall–Kier alpha value is -2.07. The van der Waals surface area contributed by atoms with Crippen LogP contribution in [0.4, 0.5) is 5.82 Å². The van der Waals surface area contributed by atoms with Gasteiger partial charge in [0.15, 0.2) is 0 Å². The van der Waals surface area contributed by atoms with Crippen LogP contribution in [0, 0.1) is 0 Å². The van der Waals surface area contributed by atoms with Crippen molar-refractivity contribution in [3.05, 3.63) is 64.6 Å². The number of fused-ring (bicyclic) bond motifs is 1. The lowest BCUT2D eigenvalue weighted by atomic mass is 10.2. The van der Waals surface area contributed by atoms with Crippen LogP contribution in [0.15, 0.2) is 59.1 Å². The Balaban J connectivity index is 1.74. The summed E-state index contributed by atoms with van der Waals surface area (Å²) in [5, 5.41) is 4.48. The lowest BCUT2D eigenvalue weighted by molar-refractivity contribution is 0.414. The first-order valence-electron chi connectivity index (χ1n) is 6.68. The van der Waals surface area contributed by atoms with Gasteiger partial charge in [0.05, 0.1) is 12.6 Å². The predicted molar refractivity (Wildman–Crippen MR) is 89.8 cm³/mol. The summed E-state index contributed by atoms with van der Waals surface area (Å²) in [5.41, 5.74) is 2.16. The van der Waals surface area contributed by atoms with E-state index in [1.165, 1.54) is 5.56 Å². The van der Waals surface area contributed by atoms with Crippen molar-refractivity contribution in [1.82, 2.24) is 4.98 Å². The van der Waals surface area contributed by atoms with E-state index in [4.69, 9.17) is 4.74 Å². The van der Waals surface area contributed by atoms with Crippen molar-refractivity contribution in [2.75, 3.05) is 12.4 Å². The van der Waals surface area contributed by atoms with Crippen molar-refractivity contribution in [3.8, 4) is 5.75 Å². The molecule has 1 N–H and O–H groups in total. The van der Waals surface area contributed by atoms with Gasteiger partial charge in [-0.2, -0.15) is 0 Å². The molecule has 0 atom stereocenters. The van der Waals surface area contributed by atoms with Gasteiger partial charge >= 0.3 is 0 Å². The molecule has 0 bridgehead atoms. The maximum absolute atomic E-state index is 5.15. The SMILES string of the molecule is COc1ccc(CNc2ccc3ccc(Br)cc3n2)cc1. The molecule has 3 nitrogen and oxygen atoms in total. The highest BCUT2D eigenvalue weighted by atomic mass is 79.9. The van der Waals surface area contributed by atoms with Gasteiger partial charge in [-0.25, -0.2) is 4.98 Å². The number of anilines is 1. The minimum Gasteiger partial charge on any atom is -0.497 e. The van der Waals surface area contributed by atoms with Crippen LogP contribution in [-0.4, -0.2) is 12.1 Å². The first-order valence-corrected chi connectivity index (χ1v) is 7.47. The van der Waals surface area contributed by atoms with Crippen LogP contribution in [0.25, 0.3) is 10.9 Å². The Morgan fingerprint density at radius 1 is 1.05 bits per heavy atom. The molecule has 0 aliphatic rings. The van der Waals surface area contributed by atoms with Gasteiger partial charge < -0.3 is 10.1 Å².